The third-order valence-electron chi connectivity index (χ3n) is 4.03. The average Bonchev–Trinajstić information content (AvgIpc) is 3.35. The topological polar surface area (TPSA) is 83.6 Å². The summed E-state index contributed by atoms with van der Waals surface area (Å²) in [6.07, 6.45) is 3.80. The zero-order chi connectivity index (χ0) is 18.4. The highest BCUT2D eigenvalue weighted by atomic mass is 32.1. The van der Waals surface area contributed by atoms with Crippen LogP contribution in [0.5, 0.6) is 0 Å². The molecule has 26 heavy (non-hydrogen) atoms. The summed E-state index contributed by atoms with van der Waals surface area (Å²) >= 11 is 1.55. The standard InChI is InChI=1S/C18H22N4O3S/c1-25-10-8-20-17(23)13-2-4-14(5-3-13)21-18(24)22(15-6-7-15)12-16-19-9-11-26-16/h2-5,9,11,15H,6-8,10,12H2,1H3,(H,20,23)(H,21,24). The number of rotatable bonds is 8. The van der Waals surface area contributed by atoms with E-state index >= 15 is 0 Å². The van der Waals surface area contributed by atoms with Crippen LogP contribution in [-0.4, -0.2) is 48.1 Å². The Morgan fingerprint density at radius 3 is 2.69 bits per heavy atom. The number of ether oxygens (including phenoxy) is 1. The SMILES string of the molecule is COCCNC(=O)c1ccc(NC(=O)N(Cc2nccs2)C2CC2)cc1. The van der Waals surface area contributed by atoms with Gasteiger partial charge in [0.1, 0.15) is 5.01 Å². The first-order valence-corrected chi connectivity index (χ1v) is 9.38. The van der Waals surface area contributed by atoms with Crippen molar-refractivity contribution in [3.05, 3.63) is 46.4 Å². The van der Waals surface area contributed by atoms with E-state index in [2.05, 4.69) is 15.6 Å². The normalized spacial score (nSPS) is 13.3. The predicted octanol–water partition coefficient (Wildman–Crippen LogP) is 2.72. The zero-order valence-corrected chi connectivity index (χ0v) is 15.4. The van der Waals surface area contributed by atoms with Gasteiger partial charge in [-0.05, 0) is 37.1 Å². The molecule has 138 valence electrons. The molecule has 3 rings (SSSR count). The number of carbonyl (C=O) groups is 2. The van der Waals surface area contributed by atoms with Gasteiger partial charge in [-0.3, -0.25) is 4.79 Å². The number of benzene rings is 1. The van der Waals surface area contributed by atoms with Crippen molar-refractivity contribution < 1.29 is 14.3 Å². The number of hydrogen-bond donors (Lipinski definition) is 2. The largest absolute Gasteiger partial charge is 0.383 e. The second-order valence-corrected chi connectivity index (χ2v) is 7.02. The summed E-state index contributed by atoms with van der Waals surface area (Å²) in [6.45, 7) is 1.45. The molecule has 0 bridgehead atoms. The maximum atomic E-state index is 12.6. The Balaban J connectivity index is 1.57. The molecule has 0 aliphatic heterocycles. The average molecular weight is 374 g/mol. The molecule has 1 aromatic heterocycles. The molecule has 1 aliphatic carbocycles. The van der Waals surface area contributed by atoms with E-state index in [0.29, 0.717) is 30.9 Å². The van der Waals surface area contributed by atoms with Gasteiger partial charge in [-0.2, -0.15) is 0 Å². The summed E-state index contributed by atoms with van der Waals surface area (Å²) < 4.78 is 4.90. The third kappa shape index (κ3) is 5.03. The van der Waals surface area contributed by atoms with Crippen LogP contribution >= 0.6 is 11.3 Å². The quantitative estimate of drug-likeness (QED) is 0.696. The van der Waals surface area contributed by atoms with E-state index < -0.39 is 0 Å². The third-order valence-corrected chi connectivity index (χ3v) is 4.79. The molecule has 1 fully saturated rings. The minimum absolute atomic E-state index is 0.139. The summed E-state index contributed by atoms with van der Waals surface area (Å²) in [5, 5.41) is 8.50. The van der Waals surface area contributed by atoms with Crippen molar-refractivity contribution in [2.75, 3.05) is 25.6 Å². The van der Waals surface area contributed by atoms with Crippen LogP contribution in [0.4, 0.5) is 10.5 Å². The van der Waals surface area contributed by atoms with Gasteiger partial charge in [0.2, 0.25) is 0 Å². The van der Waals surface area contributed by atoms with Crippen LogP contribution < -0.4 is 10.6 Å². The van der Waals surface area contributed by atoms with Gasteiger partial charge in [0.15, 0.2) is 0 Å². The van der Waals surface area contributed by atoms with E-state index in [1.165, 1.54) is 0 Å². The highest BCUT2D eigenvalue weighted by Crippen LogP contribution is 2.29. The number of nitrogens with one attached hydrogen (secondary N) is 2. The number of amides is 3. The van der Waals surface area contributed by atoms with Crippen LogP contribution in [0.25, 0.3) is 0 Å². The molecular formula is C18H22N4O3S. The lowest BCUT2D eigenvalue weighted by Crippen LogP contribution is -2.36. The molecule has 3 amide bonds. The molecule has 0 spiro atoms. The Hall–Kier alpha value is -2.45. The smallest absolute Gasteiger partial charge is 0.322 e. The molecule has 0 unspecified atom stereocenters. The number of methoxy groups -OCH3 is 1. The van der Waals surface area contributed by atoms with Gasteiger partial charge in [0.25, 0.3) is 5.91 Å². The van der Waals surface area contributed by atoms with E-state index in [-0.39, 0.29) is 18.0 Å². The van der Waals surface area contributed by atoms with Crippen molar-refractivity contribution in [2.24, 2.45) is 0 Å². The van der Waals surface area contributed by atoms with Gasteiger partial charge in [0, 0.05) is 42.5 Å². The molecule has 7 nitrogen and oxygen atoms in total. The fourth-order valence-electron chi connectivity index (χ4n) is 2.50. The zero-order valence-electron chi connectivity index (χ0n) is 14.6. The molecule has 2 aromatic rings. The molecule has 0 radical (unpaired) electrons. The lowest BCUT2D eigenvalue weighted by molar-refractivity contribution is 0.0937. The number of urea groups is 1. The number of anilines is 1. The van der Waals surface area contributed by atoms with Crippen molar-refractivity contribution in [3.8, 4) is 0 Å². The minimum Gasteiger partial charge on any atom is -0.383 e. The number of hydrogen-bond acceptors (Lipinski definition) is 5. The molecule has 1 aromatic carbocycles. The van der Waals surface area contributed by atoms with E-state index in [1.807, 2.05) is 10.3 Å². The summed E-state index contributed by atoms with van der Waals surface area (Å²) in [6, 6.07) is 7.00. The Morgan fingerprint density at radius 1 is 1.31 bits per heavy atom. The Kier molecular flexibility index (Phi) is 6.19. The lowest BCUT2D eigenvalue weighted by atomic mass is 10.2. The molecule has 0 saturated heterocycles. The van der Waals surface area contributed by atoms with Gasteiger partial charge in [-0.25, -0.2) is 9.78 Å². The van der Waals surface area contributed by atoms with Gasteiger partial charge < -0.3 is 20.3 Å². The Morgan fingerprint density at radius 2 is 2.08 bits per heavy atom. The Bertz CT molecular complexity index is 729. The highest BCUT2D eigenvalue weighted by molar-refractivity contribution is 7.09. The molecule has 1 aliphatic rings. The fraction of sp³-hybridized carbons (Fsp3) is 0.389. The number of carbonyl (C=O) groups excluding carboxylic acids is 2. The van der Waals surface area contributed by atoms with Crippen LogP contribution in [0.2, 0.25) is 0 Å². The van der Waals surface area contributed by atoms with Crippen LogP contribution in [-0.2, 0) is 11.3 Å². The minimum atomic E-state index is -0.164. The second kappa shape index (κ2) is 8.77. The van der Waals surface area contributed by atoms with Gasteiger partial charge in [-0.1, -0.05) is 0 Å². The van der Waals surface area contributed by atoms with Crippen molar-refractivity contribution >= 4 is 29.0 Å². The van der Waals surface area contributed by atoms with Crippen LogP contribution in [0.15, 0.2) is 35.8 Å². The number of aromatic nitrogens is 1. The molecule has 2 N–H and O–H groups in total. The van der Waals surface area contributed by atoms with Crippen molar-refractivity contribution in [3.63, 3.8) is 0 Å². The highest BCUT2D eigenvalue weighted by Gasteiger charge is 2.33. The molecular weight excluding hydrogens is 352 g/mol. The van der Waals surface area contributed by atoms with E-state index in [0.717, 1.165) is 17.8 Å². The van der Waals surface area contributed by atoms with Crippen molar-refractivity contribution in [2.45, 2.75) is 25.4 Å². The summed E-state index contributed by atoms with van der Waals surface area (Å²) in [5.74, 6) is -0.164. The van der Waals surface area contributed by atoms with Crippen LogP contribution in [0.3, 0.4) is 0 Å². The monoisotopic (exact) mass is 374 g/mol. The lowest BCUT2D eigenvalue weighted by Gasteiger charge is -2.21. The summed E-state index contributed by atoms with van der Waals surface area (Å²) in [7, 11) is 1.59. The van der Waals surface area contributed by atoms with Crippen LogP contribution in [0, 0.1) is 0 Å². The van der Waals surface area contributed by atoms with Crippen LogP contribution in [0.1, 0.15) is 28.2 Å². The number of thiazole rings is 1. The van der Waals surface area contributed by atoms with Gasteiger partial charge in [-0.15, -0.1) is 11.3 Å². The van der Waals surface area contributed by atoms with Gasteiger partial charge in [0.05, 0.1) is 13.2 Å². The molecule has 1 saturated carbocycles. The van der Waals surface area contributed by atoms with E-state index in [9.17, 15) is 9.59 Å². The van der Waals surface area contributed by atoms with Crippen molar-refractivity contribution in [1.29, 1.82) is 0 Å². The fourth-order valence-corrected chi connectivity index (χ4v) is 3.11. The second-order valence-electron chi connectivity index (χ2n) is 6.04. The van der Waals surface area contributed by atoms with E-state index in [4.69, 9.17) is 4.74 Å². The number of nitrogens with zero attached hydrogens (tertiary/aromatic N) is 2. The summed E-state index contributed by atoms with van der Waals surface area (Å²) in [5.41, 5.74) is 1.20. The van der Waals surface area contributed by atoms with Gasteiger partial charge >= 0.3 is 6.03 Å². The van der Waals surface area contributed by atoms with Crippen molar-refractivity contribution in [1.82, 2.24) is 15.2 Å². The summed E-state index contributed by atoms with van der Waals surface area (Å²) in [4.78, 5) is 30.7. The maximum absolute atomic E-state index is 12.6. The molecule has 8 heteroatoms. The Labute approximate surface area is 156 Å². The first kappa shape index (κ1) is 18.3. The predicted molar refractivity (Wildman–Crippen MR) is 100 cm³/mol. The maximum Gasteiger partial charge on any atom is 0.322 e. The molecule has 1 heterocycles. The first-order valence-electron chi connectivity index (χ1n) is 8.50. The molecule has 0 atom stereocenters. The van der Waals surface area contributed by atoms with E-state index in [1.54, 1.807) is 48.9 Å². The first-order chi connectivity index (χ1) is 12.7.